The van der Waals surface area contributed by atoms with Crippen molar-refractivity contribution in [1.82, 2.24) is 0 Å². The molecule has 8 heteroatoms. The Hall–Kier alpha value is -3.65. The zero-order valence-electron chi connectivity index (χ0n) is 17.6. The molecule has 6 rings (SSSR count). The van der Waals surface area contributed by atoms with Crippen LogP contribution in [0.15, 0.2) is 30.3 Å². The van der Waals surface area contributed by atoms with Gasteiger partial charge in [0.15, 0.2) is 23.0 Å². The molecule has 0 N–H and O–H groups in total. The molecule has 0 aliphatic carbocycles. The van der Waals surface area contributed by atoms with Crippen LogP contribution in [0.25, 0.3) is 21.9 Å². The zero-order valence-corrected chi connectivity index (χ0v) is 17.6. The fraction of sp³-hybridized carbons (Fsp3) is 0.292. The molecule has 0 amide bonds. The van der Waals surface area contributed by atoms with E-state index >= 15 is 0 Å². The van der Waals surface area contributed by atoms with Gasteiger partial charge < -0.3 is 33.2 Å². The molecule has 0 atom stereocenters. The normalized spacial score (nSPS) is 16.5. The van der Waals surface area contributed by atoms with Crippen molar-refractivity contribution in [3.8, 4) is 39.9 Å². The van der Waals surface area contributed by atoms with E-state index in [0.717, 1.165) is 21.9 Å². The summed E-state index contributed by atoms with van der Waals surface area (Å²) in [5.41, 5.74) is 2.74. The molecular weight excluding hydrogens is 416 g/mol. The van der Waals surface area contributed by atoms with Gasteiger partial charge in [0.1, 0.15) is 18.5 Å². The molecule has 164 valence electrons. The first-order valence-electron chi connectivity index (χ1n) is 10.2. The maximum Gasteiger partial charge on any atom is 0.339 e. The van der Waals surface area contributed by atoms with Gasteiger partial charge in [-0.2, -0.15) is 0 Å². The van der Waals surface area contributed by atoms with E-state index in [1.807, 2.05) is 30.3 Å². The molecule has 8 nitrogen and oxygen atoms in total. The van der Waals surface area contributed by atoms with Gasteiger partial charge >= 0.3 is 5.97 Å². The van der Waals surface area contributed by atoms with Crippen LogP contribution in [0.1, 0.15) is 15.9 Å². The van der Waals surface area contributed by atoms with E-state index in [1.54, 1.807) is 14.2 Å². The van der Waals surface area contributed by atoms with Crippen LogP contribution >= 0.6 is 0 Å². The Balaban J connectivity index is 1.68. The van der Waals surface area contributed by atoms with Crippen molar-refractivity contribution in [2.24, 2.45) is 0 Å². The minimum Gasteiger partial charge on any atom is -0.493 e. The van der Waals surface area contributed by atoms with Gasteiger partial charge in [-0.1, -0.05) is 6.07 Å². The first kappa shape index (κ1) is 19.1. The summed E-state index contributed by atoms with van der Waals surface area (Å²) in [5, 5.41) is 1.59. The van der Waals surface area contributed by atoms with Crippen LogP contribution in [-0.2, 0) is 16.1 Å². The number of hydrogen-bond donors (Lipinski definition) is 0. The second kappa shape index (κ2) is 7.20. The number of hydrogen-bond acceptors (Lipinski definition) is 8. The van der Waals surface area contributed by atoms with Crippen molar-refractivity contribution in [2.45, 2.75) is 12.7 Å². The summed E-state index contributed by atoms with van der Waals surface area (Å²) in [5.74, 6) is 2.63. The molecule has 0 aromatic heterocycles. The van der Waals surface area contributed by atoms with Crippen molar-refractivity contribution in [2.75, 3.05) is 34.2 Å². The average Bonchev–Trinajstić information content (AvgIpc) is 3.40. The summed E-state index contributed by atoms with van der Waals surface area (Å²) in [6, 6.07) is 9.37. The Morgan fingerprint density at radius 1 is 0.875 bits per heavy atom. The molecule has 1 fully saturated rings. The van der Waals surface area contributed by atoms with Gasteiger partial charge in [-0.3, -0.25) is 0 Å². The van der Waals surface area contributed by atoms with Crippen LogP contribution in [-0.4, -0.2) is 46.3 Å². The summed E-state index contributed by atoms with van der Waals surface area (Å²) in [4.78, 5) is 12.9. The number of methoxy groups -OCH3 is 2. The molecule has 32 heavy (non-hydrogen) atoms. The highest BCUT2D eigenvalue weighted by molar-refractivity contribution is 6.14. The quantitative estimate of drug-likeness (QED) is 0.560. The smallest absolute Gasteiger partial charge is 0.339 e. The molecule has 0 saturated carbocycles. The average molecular weight is 436 g/mol. The largest absolute Gasteiger partial charge is 0.493 e. The SMILES string of the molecule is COc1cc2c(OC3COC3)c3c(c(-c4ccc5c(c4)OCO5)c2cc1OC)C(=O)OC3. The number of carbonyl (C=O) groups is 1. The predicted octanol–water partition coefficient (Wildman–Crippen LogP) is 3.70. The van der Waals surface area contributed by atoms with Crippen molar-refractivity contribution in [3.05, 3.63) is 41.5 Å². The molecular formula is C24H20O8. The predicted molar refractivity (Wildman–Crippen MR) is 113 cm³/mol. The highest BCUT2D eigenvalue weighted by Crippen LogP contribution is 2.49. The maximum atomic E-state index is 12.9. The summed E-state index contributed by atoms with van der Waals surface area (Å²) in [6.07, 6.45) is -0.0810. The lowest BCUT2D eigenvalue weighted by Crippen LogP contribution is -2.38. The molecule has 3 heterocycles. The van der Waals surface area contributed by atoms with Gasteiger partial charge in [0.25, 0.3) is 0 Å². The van der Waals surface area contributed by atoms with E-state index < -0.39 is 0 Å². The van der Waals surface area contributed by atoms with Crippen molar-refractivity contribution in [3.63, 3.8) is 0 Å². The molecule has 0 radical (unpaired) electrons. The van der Waals surface area contributed by atoms with E-state index in [4.69, 9.17) is 33.2 Å². The highest BCUT2D eigenvalue weighted by atomic mass is 16.7. The Labute approximate surface area is 183 Å². The molecule has 0 unspecified atom stereocenters. The lowest BCUT2D eigenvalue weighted by atomic mass is 9.89. The third kappa shape index (κ3) is 2.76. The van der Waals surface area contributed by atoms with E-state index in [-0.39, 0.29) is 25.5 Å². The summed E-state index contributed by atoms with van der Waals surface area (Å²) in [6.45, 7) is 1.31. The monoisotopic (exact) mass is 436 g/mol. The Bertz CT molecular complexity index is 1260. The van der Waals surface area contributed by atoms with Crippen LogP contribution in [0.5, 0.6) is 28.7 Å². The van der Waals surface area contributed by atoms with Crippen molar-refractivity contribution >= 4 is 16.7 Å². The fourth-order valence-electron chi connectivity index (χ4n) is 4.34. The second-order valence-electron chi connectivity index (χ2n) is 7.73. The first-order chi connectivity index (χ1) is 15.7. The molecule has 3 aromatic rings. The maximum absolute atomic E-state index is 12.9. The van der Waals surface area contributed by atoms with Crippen LogP contribution in [0.2, 0.25) is 0 Å². The number of cyclic esters (lactones) is 1. The topological polar surface area (TPSA) is 81.7 Å². The van der Waals surface area contributed by atoms with Gasteiger partial charge in [0.05, 0.1) is 33.0 Å². The van der Waals surface area contributed by atoms with Gasteiger partial charge in [0, 0.05) is 16.5 Å². The van der Waals surface area contributed by atoms with Gasteiger partial charge in [-0.05, 0) is 35.2 Å². The molecule has 0 spiro atoms. The second-order valence-corrected chi connectivity index (χ2v) is 7.73. The zero-order chi connectivity index (χ0) is 21.8. The number of esters is 1. The summed E-state index contributed by atoms with van der Waals surface area (Å²) < 4.78 is 39.2. The minimum atomic E-state index is -0.390. The van der Waals surface area contributed by atoms with Crippen LogP contribution in [0, 0.1) is 0 Å². The highest BCUT2D eigenvalue weighted by Gasteiger charge is 2.35. The number of rotatable bonds is 5. The Morgan fingerprint density at radius 2 is 1.62 bits per heavy atom. The van der Waals surface area contributed by atoms with E-state index in [0.29, 0.717) is 53.1 Å². The van der Waals surface area contributed by atoms with Crippen LogP contribution in [0.4, 0.5) is 0 Å². The lowest BCUT2D eigenvalue weighted by Gasteiger charge is -2.29. The lowest BCUT2D eigenvalue weighted by molar-refractivity contribution is -0.0795. The molecule has 1 saturated heterocycles. The van der Waals surface area contributed by atoms with Crippen molar-refractivity contribution in [1.29, 1.82) is 0 Å². The van der Waals surface area contributed by atoms with Crippen molar-refractivity contribution < 1.29 is 38.0 Å². The standard InChI is InChI=1S/C24H20O8/c1-26-18-6-14-15(7-19(18)27-2)23(32-13-8-28-9-13)16-10-29-24(25)22(16)21(14)12-3-4-17-20(5-12)31-11-30-17/h3-7,13H,8-11H2,1-2H3. The van der Waals surface area contributed by atoms with Gasteiger partial charge in [-0.15, -0.1) is 0 Å². The van der Waals surface area contributed by atoms with Gasteiger partial charge in [-0.25, -0.2) is 4.79 Å². The number of benzene rings is 3. The first-order valence-corrected chi connectivity index (χ1v) is 10.2. The summed E-state index contributed by atoms with van der Waals surface area (Å²) in [7, 11) is 3.16. The minimum absolute atomic E-state index is 0.0810. The molecule has 3 aliphatic rings. The van der Waals surface area contributed by atoms with E-state index in [9.17, 15) is 4.79 Å². The van der Waals surface area contributed by atoms with Gasteiger partial charge in [0.2, 0.25) is 6.79 Å². The Kier molecular flexibility index (Phi) is 4.29. The molecule has 3 aliphatic heterocycles. The molecule has 3 aromatic carbocycles. The van der Waals surface area contributed by atoms with E-state index in [2.05, 4.69) is 0 Å². The third-order valence-corrected chi connectivity index (χ3v) is 5.97. The van der Waals surface area contributed by atoms with E-state index in [1.165, 1.54) is 0 Å². The fourth-order valence-corrected chi connectivity index (χ4v) is 4.34. The van der Waals surface area contributed by atoms with Crippen LogP contribution in [0.3, 0.4) is 0 Å². The number of ether oxygens (including phenoxy) is 7. The number of fused-ring (bicyclic) bond motifs is 3. The number of carbonyl (C=O) groups excluding carboxylic acids is 1. The third-order valence-electron chi connectivity index (χ3n) is 5.97. The van der Waals surface area contributed by atoms with Crippen LogP contribution < -0.4 is 23.7 Å². The summed E-state index contributed by atoms with van der Waals surface area (Å²) >= 11 is 0. The Morgan fingerprint density at radius 3 is 2.34 bits per heavy atom. The molecule has 0 bridgehead atoms.